The summed E-state index contributed by atoms with van der Waals surface area (Å²) in [5.41, 5.74) is 0.681. The van der Waals surface area contributed by atoms with Gasteiger partial charge in [-0.05, 0) is 6.92 Å². The third kappa shape index (κ3) is 2.25. The Morgan fingerprint density at radius 2 is 1.75 bits per heavy atom. The maximum Gasteiger partial charge on any atom is 0.347 e. The molecule has 2 rings (SSSR count). The summed E-state index contributed by atoms with van der Waals surface area (Å²) in [6.07, 6.45) is 0. The van der Waals surface area contributed by atoms with Crippen LogP contribution in [0.1, 0.15) is 15.6 Å². The molecular weight excluding hydrogens is 282 g/mol. The highest BCUT2D eigenvalue weighted by molar-refractivity contribution is 7.11. The zero-order chi connectivity index (χ0) is 15.0. The molecule has 0 radical (unpaired) electrons. The molecule has 20 heavy (non-hydrogen) atoms. The van der Waals surface area contributed by atoms with E-state index in [0.29, 0.717) is 5.69 Å². The van der Waals surface area contributed by atoms with Crippen LogP contribution in [-0.2, 0) is 0 Å². The van der Waals surface area contributed by atoms with E-state index in [-0.39, 0.29) is 11.4 Å². The van der Waals surface area contributed by atoms with Crippen molar-refractivity contribution < 1.29 is 14.4 Å². The van der Waals surface area contributed by atoms with Gasteiger partial charge in [0.15, 0.2) is 5.69 Å². The number of hydrogen-bond donors (Lipinski definition) is 0. The van der Waals surface area contributed by atoms with E-state index in [9.17, 15) is 20.2 Å². The molecule has 0 saturated carbocycles. The lowest BCUT2D eigenvalue weighted by atomic mass is 10.2. The third-order valence-corrected chi connectivity index (χ3v) is 4.15. The molecule has 0 amide bonds. The topological polar surface area (TPSA) is 90.2 Å². The molecule has 1 aromatic heterocycles. The Bertz CT molecular complexity index is 724. The molecule has 0 N–H and O–H groups in total. The lowest BCUT2D eigenvalue weighted by Gasteiger charge is -1.99. The van der Waals surface area contributed by atoms with Crippen LogP contribution in [-0.4, -0.2) is 9.85 Å². The largest absolute Gasteiger partial charge is 0.347 e. The second-order valence-electron chi connectivity index (χ2n) is 4.29. The Kier molecular flexibility index (Phi) is 3.49. The molecule has 0 atom stereocenters. The first-order valence-electron chi connectivity index (χ1n) is 5.74. The highest BCUT2D eigenvalue weighted by Crippen LogP contribution is 2.27. The van der Waals surface area contributed by atoms with Gasteiger partial charge in [0.1, 0.15) is 6.07 Å². The molecule has 0 unspecified atom stereocenters. The third-order valence-electron chi connectivity index (χ3n) is 3.07. The van der Waals surface area contributed by atoms with Crippen LogP contribution in [0, 0.1) is 41.0 Å². The predicted octanol–water partition coefficient (Wildman–Crippen LogP) is 2.77. The molecule has 0 aliphatic heterocycles. The Morgan fingerprint density at radius 1 is 1.10 bits per heavy atom. The number of thiazole rings is 1. The smallest absolute Gasteiger partial charge is 0.258 e. The van der Waals surface area contributed by atoms with E-state index in [1.807, 2.05) is 20.8 Å². The predicted molar refractivity (Wildman–Crippen MR) is 73.4 cm³/mol. The van der Waals surface area contributed by atoms with Gasteiger partial charge >= 0.3 is 5.69 Å². The monoisotopic (exact) mass is 294 g/mol. The Balaban J connectivity index is 2.74. The number of hydrogen-bond acceptors (Lipinski definition) is 5. The van der Waals surface area contributed by atoms with Gasteiger partial charge < -0.3 is 0 Å². The van der Waals surface area contributed by atoms with Crippen molar-refractivity contribution in [3.05, 3.63) is 54.0 Å². The molecular formula is C12H12N3O4S+. The van der Waals surface area contributed by atoms with Crippen LogP contribution in [0.2, 0.25) is 0 Å². The fourth-order valence-electron chi connectivity index (χ4n) is 2.05. The van der Waals surface area contributed by atoms with Crippen LogP contribution in [0.4, 0.5) is 11.4 Å². The number of nitrogens with zero attached hydrogens (tertiary/aromatic N) is 3. The number of nitro benzene ring substituents is 2. The van der Waals surface area contributed by atoms with E-state index < -0.39 is 9.85 Å². The maximum absolute atomic E-state index is 11.2. The summed E-state index contributed by atoms with van der Waals surface area (Å²) >= 11 is 1.53. The van der Waals surface area contributed by atoms with Crippen molar-refractivity contribution in [1.29, 1.82) is 0 Å². The van der Waals surface area contributed by atoms with Crippen molar-refractivity contribution in [2.45, 2.75) is 20.8 Å². The average Bonchev–Trinajstić information content (AvgIpc) is 2.62. The molecule has 2 aromatic rings. The minimum atomic E-state index is -0.639. The molecule has 0 aliphatic carbocycles. The summed E-state index contributed by atoms with van der Waals surface area (Å²) in [5, 5.41) is 22.8. The maximum atomic E-state index is 11.2. The zero-order valence-corrected chi connectivity index (χ0v) is 11.9. The molecule has 7 nitrogen and oxygen atoms in total. The van der Waals surface area contributed by atoms with E-state index in [2.05, 4.69) is 0 Å². The molecule has 0 aliphatic rings. The van der Waals surface area contributed by atoms with Crippen LogP contribution in [0.15, 0.2) is 18.2 Å². The van der Waals surface area contributed by atoms with Gasteiger partial charge in [-0.15, -0.1) is 4.57 Å². The fourth-order valence-corrected chi connectivity index (χ4v) is 3.05. The molecule has 1 heterocycles. The minimum absolute atomic E-state index is 0.270. The summed E-state index contributed by atoms with van der Waals surface area (Å²) in [6.45, 7) is 5.65. The summed E-state index contributed by atoms with van der Waals surface area (Å²) in [4.78, 5) is 21.7. The van der Waals surface area contributed by atoms with Gasteiger partial charge in [0, 0.05) is 26.0 Å². The van der Waals surface area contributed by atoms with Gasteiger partial charge in [-0.25, -0.2) is 0 Å². The van der Waals surface area contributed by atoms with Crippen molar-refractivity contribution >= 4 is 22.7 Å². The van der Waals surface area contributed by atoms with E-state index in [0.717, 1.165) is 21.6 Å². The molecule has 0 spiro atoms. The van der Waals surface area contributed by atoms with Crippen molar-refractivity contribution in [3.63, 3.8) is 0 Å². The lowest BCUT2D eigenvalue weighted by Crippen LogP contribution is -2.35. The first-order valence-corrected chi connectivity index (χ1v) is 6.56. The van der Waals surface area contributed by atoms with Crippen LogP contribution in [0.25, 0.3) is 5.69 Å². The van der Waals surface area contributed by atoms with Gasteiger partial charge in [-0.1, -0.05) is 11.3 Å². The van der Waals surface area contributed by atoms with Crippen molar-refractivity contribution in [2.75, 3.05) is 0 Å². The van der Waals surface area contributed by atoms with Crippen LogP contribution < -0.4 is 4.57 Å². The van der Waals surface area contributed by atoms with Gasteiger partial charge in [-0.2, -0.15) is 0 Å². The van der Waals surface area contributed by atoms with Crippen LogP contribution >= 0.6 is 11.3 Å². The first-order chi connectivity index (χ1) is 9.32. The number of nitro groups is 2. The molecule has 0 fully saturated rings. The Labute approximate surface area is 118 Å². The Hall–Kier alpha value is -2.35. The molecule has 8 heteroatoms. The van der Waals surface area contributed by atoms with E-state index in [1.165, 1.54) is 23.5 Å². The molecule has 0 bridgehead atoms. The molecule has 1 aromatic carbocycles. The summed E-state index contributed by atoms with van der Waals surface area (Å²) in [5.74, 6) is 0. The van der Waals surface area contributed by atoms with Crippen molar-refractivity contribution in [2.24, 2.45) is 0 Å². The summed E-state index contributed by atoms with van der Waals surface area (Å²) < 4.78 is 1.75. The van der Waals surface area contributed by atoms with Crippen molar-refractivity contribution in [1.82, 2.24) is 0 Å². The number of benzene rings is 1. The van der Waals surface area contributed by atoms with Gasteiger partial charge in [0.05, 0.1) is 14.7 Å². The number of aryl methyl sites for hydroxylation is 2. The van der Waals surface area contributed by atoms with Crippen LogP contribution in [0.3, 0.4) is 0 Å². The Morgan fingerprint density at radius 3 is 2.20 bits per heavy atom. The summed E-state index contributed by atoms with van der Waals surface area (Å²) in [7, 11) is 0. The van der Waals surface area contributed by atoms with Gasteiger partial charge in [-0.3, -0.25) is 20.2 Å². The van der Waals surface area contributed by atoms with Gasteiger partial charge in [0.2, 0.25) is 5.01 Å². The SMILES string of the molecule is Cc1sc(C)[n+](-c2ccc([N+](=O)[O-])cc2[N+](=O)[O-])c1C. The highest BCUT2D eigenvalue weighted by atomic mass is 32.1. The van der Waals surface area contributed by atoms with E-state index >= 15 is 0 Å². The fraction of sp³-hybridized carbons (Fsp3) is 0.250. The standard InChI is InChI=1S/C12H12N3O4S/c1-7-8(2)20-9(3)13(7)11-5-4-10(14(16)17)6-12(11)15(18)19/h4-6H,1-3H3/q+1. The number of rotatable bonds is 3. The van der Waals surface area contributed by atoms with E-state index in [1.54, 1.807) is 4.57 Å². The molecule has 104 valence electrons. The van der Waals surface area contributed by atoms with Crippen molar-refractivity contribution in [3.8, 4) is 5.69 Å². The number of non-ortho nitro benzene ring substituents is 1. The first kappa shape index (κ1) is 14.1. The second kappa shape index (κ2) is 4.97. The number of aromatic nitrogens is 1. The quantitative estimate of drug-likeness (QED) is 0.494. The normalized spacial score (nSPS) is 10.6. The second-order valence-corrected chi connectivity index (χ2v) is 5.69. The average molecular weight is 294 g/mol. The van der Waals surface area contributed by atoms with E-state index in [4.69, 9.17) is 0 Å². The highest BCUT2D eigenvalue weighted by Gasteiger charge is 2.30. The minimum Gasteiger partial charge on any atom is -0.258 e. The lowest BCUT2D eigenvalue weighted by molar-refractivity contribution is -0.608. The zero-order valence-electron chi connectivity index (χ0n) is 11.1. The summed E-state index contributed by atoms with van der Waals surface area (Å²) in [6, 6.07) is 3.69. The van der Waals surface area contributed by atoms with Gasteiger partial charge in [0.25, 0.3) is 11.4 Å². The molecule has 0 saturated heterocycles. The van der Waals surface area contributed by atoms with Crippen LogP contribution in [0.5, 0.6) is 0 Å².